The van der Waals surface area contributed by atoms with E-state index in [-0.39, 0.29) is 11.8 Å². The minimum atomic E-state index is -0.871. The van der Waals surface area contributed by atoms with Crippen LogP contribution in [0.4, 0.5) is 0 Å². The molecule has 4 nitrogen and oxygen atoms in total. The number of rotatable bonds is 4. The largest absolute Gasteiger partial charge is 0.481 e. The Kier molecular flexibility index (Phi) is 3.07. The zero-order chi connectivity index (χ0) is 11.8. The van der Waals surface area contributed by atoms with Crippen molar-refractivity contribution in [3.05, 3.63) is 0 Å². The summed E-state index contributed by atoms with van der Waals surface area (Å²) in [6.07, 6.45) is 0. The molecule has 2 unspecified atom stereocenters. The van der Waals surface area contributed by atoms with Gasteiger partial charge in [0.15, 0.2) is 0 Å². The molecule has 1 fully saturated rings. The second-order valence-electron chi connectivity index (χ2n) is 5.25. The first-order valence-corrected chi connectivity index (χ1v) is 5.29. The molecule has 1 aliphatic rings. The Labute approximate surface area is 90.0 Å². The fourth-order valence-corrected chi connectivity index (χ4v) is 2.00. The van der Waals surface area contributed by atoms with E-state index < -0.39 is 17.3 Å². The molecule has 86 valence electrons. The van der Waals surface area contributed by atoms with E-state index in [2.05, 4.69) is 5.32 Å². The van der Waals surface area contributed by atoms with Gasteiger partial charge >= 0.3 is 5.97 Å². The molecule has 0 aliphatic heterocycles. The molecule has 2 atom stereocenters. The third kappa shape index (κ3) is 2.30. The van der Waals surface area contributed by atoms with Crippen molar-refractivity contribution in [1.82, 2.24) is 5.32 Å². The van der Waals surface area contributed by atoms with E-state index in [4.69, 9.17) is 5.11 Å². The van der Waals surface area contributed by atoms with Crippen molar-refractivity contribution >= 4 is 11.9 Å². The van der Waals surface area contributed by atoms with Crippen LogP contribution in [0.3, 0.4) is 0 Å². The van der Waals surface area contributed by atoms with Crippen molar-refractivity contribution < 1.29 is 14.7 Å². The zero-order valence-electron chi connectivity index (χ0n) is 9.70. The number of carbonyl (C=O) groups excluding carboxylic acids is 1. The molecular formula is C11H19NO3. The van der Waals surface area contributed by atoms with Crippen molar-refractivity contribution in [2.75, 3.05) is 6.54 Å². The van der Waals surface area contributed by atoms with Crippen LogP contribution in [0.25, 0.3) is 0 Å². The molecule has 4 heteroatoms. The van der Waals surface area contributed by atoms with Crippen molar-refractivity contribution in [3.8, 4) is 0 Å². The first kappa shape index (κ1) is 12.0. The minimum absolute atomic E-state index is 0.124. The van der Waals surface area contributed by atoms with Crippen LogP contribution >= 0.6 is 0 Å². The lowest BCUT2D eigenvalue weighted by Crippen LogP contribution is -2.30. The van der Waals surface area contributed by atoms with Crippen LogP contribution in [-0.2, 0) is 9.59 Å². The van der Waals surface area contributed by atoms with Gasteiger partial charge in [0, 0.05) is 6.54 Å². The van der Waals surface area contributed by atoms with Crippen LogP contribution in [0.15, 0.2) is 0 Å². The van der Waals surface area contributed by atoms with E-state index in [0.29, 0.717) is 12.5 Å². The minimum Gasteiger partial charge on any atom is -0.481 e. The van der Waals surface area contributed by atoms with Crippen LogP contribution in [0.5, 0.6) is 0 Å². The molecule has 0 radical (unpaired) electrons. The van der Waals surface area contributed by atoms with Crippen molar-refractivity contribution in [2.24, 2.45) is 23.2 Å². The van der Waals surface area contributed by atoms with E-state index in [1.54, 1.807) is 0 Å². The molecular weight excluding hydrogens is 194 g/mol. The lowest BCUT2D eigenvalue weighted by molar-refractivity contribution is -0.140. The molecule has 0 aromatic carbocycles. The number of aliphatic carboxylic acids is 1. The van der Waals surface area contributed by atoms with E-state index in [9.17, 15) is 9.59 Å². The second kappa shape index (κ2) is 3.83. The molecule has 15 heavy (non-hydrogen) atoms. The van der Waals surface area contributed by atoms with Gasteiger partial charge in [-0.05, 0) is 11.3 Å². The second-order valence-corrected chi connectivity index (χ2v) is 5.25. The van der Waals surface area contributed by atoms with Gasteiger partial charge in [-0.1, -0.05) is 27.7 Å². The number of carboxylic acids is 1. The first-order valence-electron chi connectivity index (χ1n) is 5.29. The summed E-state index contributed by atoms with van der Waals surface area (Å²) in [5.74, 6) is -1.50. The SMILES string of the molecule is CC(C)CNC(=O)C1C(C(=O)O)C1(C)C. The van der Waals surface area contributed by atoms with Gasteiger partial charge in [0.25, 0.3) is 0 Å². The first-order chi connectivity index (χ1) is 6.78. The monoisotopic (exact) mass is 213 g/mol. The van der Waals surface area contributed by atoms with Crippen molar-refractivity contribution in [2.45, 2.75) is 27.7 Å². The smallest absolute Gasteiger partial charge is 0.307 e. The predicted octanol–water partition coefficient (Wildman–Crippen LogP) is 1.12. The Balaban J connectivity index is 2.53. The summed E-state index contributed by atoms with van der Waals surface area (Å²) in [6.45, 7) is 8.27. The summed E-state index contributed by atoms with van der Waals surface area (Å²) in [5, 5.41) is 11.7. The number of hydrogen-bond acceptors (Lipinski definition) is 2. The van der Waals surface area contributed by atoms with Gasteiger partial charge in [0.05, 0.1) is 11.8 Å². The Morgan fingerprint density at radius 2 is 1.87 bits per heavy atom. The maximum absolute atomic E-state index is 11.7. The molecule has 0 saturated heterocycles. The molecule has 1 saturated carbocycles. The van der Waals surface area contributed by atoms with Gasteiger partial charge in [0.1, 0.15) is 0 Å². The van der Waals surface area contributed by atoms with Gasteiger partial charge in [0.2, 0.25) is 5.91 Å². The van der Waals surface area contributed by atoms with Gasteiger partial charge in [-0.25, -0.2) is 0 Å². The van der Waals surface area contributed by atoms with Gasteiger partial charge in [-0.3, -0.25) is 9.59 Å². The summed E-state index contributed by atoms with van der Waals surface area (Å²) < 4.78 is 0. The average Bonchev–Trinajstić information content (AvgIpc) is 2.65. The van der Waals surface area contributed by atoms with E-state index >= 15 is 0 Å². The van der Waals surface area contributed by atoms with Gasteiger partial charge < -0.3 is 10.4 Å². The summed E-state index contributed by atoms with van der Waals surface area (Å²) in [6, 6.07) is 0. The molecule has 1 rings (SSSR count). The molecule has 1 amide bonds. The summed E-state index contributed by atoms with van der Waals surface area (Å²) in [7, 11) is 0. The molecule has 0 aromatic heterocycles. The Morgan fingerprint density at radius 1 is 1.33 bits per heavy atom. The van der Waals surface area contributed by atoms with E-state index in [0.717, 1.165) is 0 Å². The average molecular weight is 213 g/mol. The van der Waals surface area contributed by atoms with Crippen molar-refractivity contribution in [3.63, 3.8) is 0 Å². The highest BCUT2D eigenvalue weighted by molar-refractivity contribution is 5.91. The van der Waals surface area contributed by atoms with Crippen molar-refractivity contribution in [1.29, 1.82) is 0 Å². The zero-order valence-corrected chi connectivity index (χ0v) is 9.70. The number of carboxylic acid groups (broad SMARTS) is 1. The van der Waals surface area contributed by atoms with Crippen LogP contribution in [0, 0.1) is 23.2 Å². The fourth-order valence-electron chi connectivity index (χ4n) is 2.00. The van der Waals surface area contributed by atoms with Crippen LogP contribution in [0.2, 0.25) is 0 Å². The normalized spacial score (nSPS) is 27.5. The molecule has 2 N–H and O–H groups in total. The predicted molar refractivity (Wildman–Crippen MR) is 56.2 cm³/mol. The summed E-state index contributed by atoms with van der Waals surface area (Å²) in [4.78, 5) is 22.5. The highest BCUT2D eigenvalue weighted by atomic mass is 16.4. The van der Waals surface area contributed by atoms with Gasteiger partial charge in [-0.15, -0.1) is 0 Å². The topological polar surface area (TPSA) is 66.4 Å². The molecule has 0 bridgehead atoms. The number of amides is 1. The molecule has 0 spiro atoms. The van der Waals surface area contributed by atoms with Gasteiger partial charge in [-0.2, -0.15) is 0 Å². The van der Waals surface area contributed by atoms with E-state index in [1.807, 2.05) is 27.7 Å². The Bertz CT molecular complexity index is 284. The lowest BCUT2D eigenvalue weighted by atomic mass is 10.1. The summed E-state index contributed by atoms with van der Waals surface area (Å²) in [5.41, 5.74) is -0.396. The third-order valence-electron chi connectivity index (χ3n) is 3.06. The maximum atomic E-state index is 11.7. The number of nitrogens with one attached hydrogen (secondary N) is 1. The highest BCUT2D eigenvalue weighted by Gasteiger charge is 2.65. The van der Waals surface area contributed by atoms with Crippen LogP contribution in [0.1, 0.15) is 27.7 Å². The highest BCUT2D eigenvalue weighted by Crippen LogP contribution is 2.58. The van der Waals surface area contributed by atoms with E-state index in [1.165, 1.54) is 0 Å². The molecule has 0 aromatic rings. The number of carbonyl (C=O) groups is 2. The van der Waals surface area contributed by atoms with Crippen LogP contribution in [-0.4, -0.2) is 23.5 Å². The standard InChI is InChI=1S/C11H19NO3/c1-6(2)5-12-9(13)7-8(10(14)15)11(7,3)4/h6-8H,5H2,1-4H3,(H,12,13)(H,14,15). The summed E-state index contributed by atoms with van der Waals surface area (Å²) >= 11 is 0. The Morgan fingerprint density at radius 3 is 2.20 bits per heavy atom. The Hall–Kier alpha value is -1.06. The quantitative estimate of drug-likeness (QED) is 0.735. The molecule has 0 heterocycles. The maximum Gasteiger partial charge on any atom is 0.307 e. The lowest BCUT2D eigenvalue weighted by Gasteiger charge is -2.07. The third-order valence-corrected chi connectivity index (χ3v) is 3.06. The molecule has 1 aliphatic carbocycles. The van der Waals surface area contributed by atoms with Crippen LogP contribution < -0.4 is 5.32 Å². The fraction of sp³-hybridized carbons (Fsp3) is 0.818. The number of hydrogen-bond donors (Lipinski definition) is 2.